The Bertz CT molecular complexity index is 984. The van der Waals surface area contributed by atoms with Gasteiger partial charge in [-0.25, -0.2) is 8.42 Å². The van der Waals surface area contributed by atoms with Crippen LogP contribution in [0.2, 0.25) is 0 Å². The van der Waals surface area contributed by atoms with E-state index >= 15 is 0 Å². The average molecular weight is 417 g/mol. The van der Waals surface area contributed by atoms with E-state index in [9.17, 15) is 13.2 Å². The maximum absolute atomic E-state index is 12.4. The molecule has 0 heterocycles. The zero-order chi connectivity index (χ0) is 21.8. The van der Waals surface area contributed by atoms with Crippen molar-refractivity contribution >= 4 is 21.6 Å². The van der Waals surface area contributed by atoms with E-state index in [0.717, 1.165) is 27.8 Å². The van der Waals surface area contributed by atoms with Crippen LogP contribution in [0.25, 0.3) is 0 Å². The van der Waals surface area contributed by atoms with Gasteiger partial charge in [0.1, 0.15) is 0 Å². The Balaban J connectivity index is 2.01. The Morgan fingerprint density at radius 1 is 1.07 bits per heavy atom. The molecule has 1 amide bonds. The third kappa shape index (κ3) is 6.07. The van der Waals surface area contributed by atoms with Crippen LogP contribution in [0.5, 0.6) is 0 Å². The monoisotopic (exact) mass is 416 g/mol. The van der Waals surface area contributed by atoms with Crippen molar-refractivity contribution in [3.05, 3.63) is 64.2 Å². The molecule has 158 valence electrons. The summed E-state index contributed by atoms with van der Waals surface area (Å²) in [7, 11) is -3.43. The molecule has 1 N–H and O–H groups in total. The van der Waals surface area contributed by atoms with Crippen molar-refractivity contribution in [1.29, 1.82) is 0 Å². The minimum absolute atomic E-state index is 0.0761. The number of aryl methyl sites for hydroxylation is 3. The molecular weight excluding hydrogens is 384 g/mol. The molecule has 2 rings (SSSR count). The standard InChI is InChI=1S/C23H32N2O3S/c1-16-12-13-18(3)21(15-16)20(5)24-23(26)11-8-14-25(29(6,27)28)22-10-7-9-17(2)19(22)4/h7,9-10,12-13,15,20H,8,11,14H2,1-6H3,(H,24,26)/t20-/m1/s1. The number of sulfonamides is 1. The number of anilines is 1. The van der Waals surface area contributed by atoms with Crippen LogP contribution >= 0.6 is 0 Å². The predicted octanol–water partition coefficient (Wildman–Crippen LogP) is 4.34. The molecule has 2 aromatic carbocycles. The lowest BCUT2D eigenvalue weighted by molar-refractivity contribution is -0.121. The zero-order valence-corrected chi connectivity index (χ0v) is 19.1. The highest BCUT2D eigenvalue weighted by molar-refractivity contribution is 7.92. The molecule has 6 heteroatoms. The number of hydrogen-bond acceptors (Lipinski definition) is 3. The Labute approximate surface area is 175 Å². The molecule has 0 saturated carbocycles. The number of hydrogen-bond donors (Lipinski definition) is 1. The second kappa shape index (κ2) is 9.44. The third-order valence-electron chi connectivity index (χ3n) is 5.29. The van der Waals surface area contributed by atoms with Crippen molar-refractivity contribution in [2.75, 3.05) is 17.1 Å². The molecular formula is C23H32N2O3S. The van der Waals surface area contributed by atoms with Gasteiger partial charge in [-0.3, -0.25) is 9.10 Å². The fourth-order valence-corrected chi connectivity index (χ4v) is 4.49. The fourth-order valence-electron chi connectivity index (χ4n) is 3.47. The van der Waals surface area contributed by atoms with Crippen LogP contribution < -0.4 is 9.62 Å². The van der Waals surface area contributed by atoms with E-state index in [1.807, 2.05) is 52.8 Å². The normalized spacial score (nSPS) is 12.5. The molecule has 2 aromatic rings. The van der Waals surface area contributed by atoms with E-state index in [1.54, 1.807) is 0 Å². The highest BCUT2D eigenvalue weighted by Crippen LogP contribution is 2.25. The summed E-state index contributed by atoms with van der Waals surface area (Å²) in [5, 5.41) is 3.03. The Morgan fingerprint density at radius 2 is 1.76 bits per heavy atom. The van der Waals surface area contributed by atoms with E-state index < -0.39 is 10.0 Å². The van der Waals surface area contributed by atoms with Gasteiger partial charge in [0, 0.05) is 13.0 Å². The summed E-state index contributed by atoms with van der Waals surface area (Å²) in [4.78, 5) is 12.4. The quantitative estimate of drug-likeness (QED) is 0.696. The van der Waals surface area contributed by atoms with E-state index in [0.29, 0.717) is 12.1 Å². The largest absolute Gasteiger partial charge is 0.350 e. The highest BCUT2D eigenvalue weighted by Gasteiger charge is 2.20. The third-order valence-corrected chi connectivity index (χ3v) is 6.47. The number of benzene rings is 2. The van der Waals surface area contributed by atoms with Crippen LogP contribution in [-0.2, 0) is 14.8 Å². The van der Waals surface area contributed by atoms with Crippen molar-refractivity contribution in [2.24, 2.45) is 0 Å². The topological polar surface area (TPSA) is 66.5 Å². The summed E-state index contributed by atoms with van der Waals surface area (Å²) in [6.07, 6.45) is 1.93. The first-order valence-electron chi connectivity index (χ1n) is 9.91. The van der Waals surface area contributed by atoms with Gasteiger partial charge in [-0.2, -0.15) is 0 Å². The molecule has 1 atom stereocenters. The van der Waals surface area contributed by atoms with Gasteiger partial charge in [0.2, 0.25) is 15.9 Å². The molecule has 0 spiro atoms. The van der Waals surface area contributed by atoms with Crippen LogP contribution in [0.1, 0.15) is 53.6 Å². The van der Waals surface area contributed by atoms with Crippen LogP contribution in [0.3, 0.4) is 0 Å². The maximum atomic E-state index is 12.4. The minimum Gasteiger partial charge on any atom is -0.350 e. The highest BCUT2D eigenvalue weighted by atomic mass is 32.2. The van der Waals surface area contributed by atoms with Crippen molar-refractivity contribution < 1.29 is 13.2 Å². The predicted molar refractivity (Wildman–Crippen MR) is 120 cm³/mol. The van der Waals surface area contributed by atoms with Gasteiger partial charge < -0.3 is 5.32 Å². The van der Waals surface area contributed by atoms with Gasteiger partial charge in [-0.05, 0) is 69.4 Å². The fraction of sp³-hybridized carbons (Fsp3) is 0.435. The lowest BCUT2D eigenvalue weighted by atomic mass is 10.00. The minimum atomic E-state index is -3.43. The van der Waals surface area contributed by atoms with Crippen LogP contribution in [-0.4, -0.2) is 27.1 Å². The first-order valence-corrected chi connectivity index (χ1v) is 11.8. The second-order valence-electron chi connectivity index (χ2n) is 7.81. The molecule has 0 aliphatic rings. The summed E-state index contributed by atoms with van der Waals surface area (Å²) < 4.78 is 26.1. The molecule has 5 nitrogen and oxygen atoms in total. The Morgan fingerprint density at radius 3 is 2.41 bits per heavy atom. The van der Waals surface area contributed by atoms with Crippen molar-refractivity contribution in [2.45, 2.75) is 53.5 Å². The Kier molecular flexibility index (Phi) is 7.47. The molecule has 0 aliphatic carbocycles. The number of rotatable bonds is 8. The number of nitrogens with one attached hydrogen (secondary N) is 1. The van der Waals surface area contributed by atoms with Gasteiger partial charge in [0.15, 0.2) is 0 Å². The van der Waals surface area contributed by atoms with E-state index in [1.165, 1.54) is 10.6 Å². The summed E-state index contributed by atoms with van der Waals surface area (Å²) >= 11 is 0. The molecule has 0 fully saturated rings. The first-order chi connectivity index (χ1) is 13.5. The molecule has 0 unspecified atom stereocenters. The number of nitrogens with zero attached hydrogens (tertiary/aromatic N) is 1. The lowest BCUT2D eigenvalue weighted by Crippen LogP contribution is -2.33. The summed E-state index contributed by atoms with van der Waals surface area (Å²) in [5.41, 5.74) is 6.05. The Hall–Kier alpha value is -2.34. The molecule has 0 aliphatic heterocycles. The average Bonchev–Trinajstić information content (AvgIpc) is 2.62. The SMILES string of the molecule is Cc1ccc(C)c([C@@H](C)NC(=O)CCCN(c2cccc(C)c2C)S(C)(=O)=O)c1. The van der Waals surface area contributed by atoms with Crippen molar-refractivity contribution in [3.63, 3.8) is 0 Å². The molecule has 29 heavy (non-hydrogen) atoms. The molecule has 0 saturated heterocycles. The van der Waals surface area contributed by atoms with Gasteiger partial charge in [0.25, 0.3) is 0 Å². The first kappa shape index (κ1) is 22.9. The second-order valence-corrected chi connectivity index (χ2v) is 9.71. The van der Waals surface area contributed by atoms with Gasteiger partial charge in [-0.15, -0.1) is 0 Å². The van der Waals surface area contributed by atoms with Crippen LogP contribution in [0.15, 0.2) is 36.4 Å². The lowest BCUT2D eigenvalue weighted by Gasteiger charge is -2.25. The van der Waals surface area contributed by atoms with Crippen molar-refractivity contribution in [3.8, 4) is 0 Å². The van der Waals surface area contributed by atoms with Crippen LogP contribution in [0, 0.1) is 27.7 Å². The maximum Gasteiger partial charge on any atom is 0.232 e. The van der Waals surface area contributed by atoms with E-state index in [2.05, 4.69) is 23.5 Å². The number of carbonyl (C=O) groups is 1. The molecule has 0 aromatic heterocycles. The zero-order valence-electron chi connectivity index (χ0n) is 18.2. The smallest absolute Gasteiger partial charge is 0.232 e. The van der Waals surface area contributed by atoms with Gasteiger partial charge in [-0.1, -0.05) is 35.9 Å². The van der Waals surface area contributed by atoms with E-state index in [-0.39, 0.29) is 24.9 Å². The molecule has 0 radical (unpaired) electrons. The number of carbonyl (C=O) groups excluding carboxylic acids is 1. The van der Waals surface area contributed by atoms with Crippen molar-refractivity contribution in [1.82, 2.24) is 5.32 Å². The van der Waals surface area contributed by atoms with E-state index in [4.69, 9.17) is 0 Å². The summed E-state index contributed by atoms with van der Waals surface area (Å²) in [5.74, 6) is -0.0761. The molecule has 0 bridgehead atoms. The number of amides is 1. The van der Waals surface area contributed by atoms with Gasteiger partial charge in [0.05, 0.1) is 18.0 Å². The van der Waals surface area contributed by atoms with Gasteiger partial charge >= 0.3 is 0 Å². The van der Waals surface area contributed by atoms with Crippen LogP contribution in [0.4, 0.5) is 5.69 Å². The summed E-state index contributed by atoms with van der Waals surface area (Å²) in [6, 6.07) is 11.7. The summed E-state index contributed by atoms with van der Waals surface area (Å²) in [6.45, 7) is 10.2.